The molecule has 2 amide bonds. The average molecular weight is 260 g/mol. The third kappa shape index (κ3) is 1.48. The zero-order chi connectivity index (χ0) is 12.7. The van der Waals surface area contributed by atoms with Gasteiger partial charge >= 0.3 is 6.03 Å². The Morgan fingerprint density at radius 1 is 1.33 bits per heavy atom. The average Bonchev–Trinajstić information content (AvgIpc) is 2.93. The molecule has 1 saturated heterocycles. The molecule has 18 heavy (non-hydrogen) atoms. The first-order chi connectivity index (χ1) is 8.72. The Morgan fingerprint density at radius 3 is 2.72 bits per heavy atom. The molecule has 1 fully saturated rings. The summed E-state index contributed by atoms with van der Waals surface area (Å²) in [6.45, 7) is 0.663. The molecular formula is C13H10ClN3O. The maximum Gasteiger partial charge on any atom is 0.330 e. The van der Waals surface area contributed by atoms with E-state index in [1.165, 1.54) is 4.90 Å². The number of fused-ring (bicyclic) bond motifs is 1. The Morgan fingerprint density at radius 2 is 2.06 bits per heavy atom. The number of benzene rings is 1. The van der Waals surface area contributed by atoms with Crippen LogP contribution in [0.3, 0.4) is 0 Å². The quantitative estimate of drug-likeness (QED) is 0.779. The van der Waals surface area contributed by atoms with Gasteiger partial charge in [-0.1, -0.05) is 17.7 Å². The van der Waals surface area contributed by atoms with Gasteiger partial charge in [0.1, 0.15) is 0 Å². The molecule has 4 nitrogen and oxygen atoms in total. The van der Waals surface area contributed by atoms with Gasteiger partial charge in [-0.25, -0.2) is 4.79 Å². The van der Waals surface area contributed by atoms with Crippen LogP contribution in [0.15, 0.2) is 36.0 Å². The van der Waals surface area contributed by atoms with E-state index < -0.39 is 6.04 Å². The van der Waals surface area contributed by atoms with E-state index in [4.69, 9.17) is 11.6 Å². The summed E-state index contributed by atoms with van der Waals surface area (Å²) in [5, 5.41) is 9.89. The largest absolute Gasteiger partial charge is 0.330 e. The number of nitrogens with zero attached hydrogens (tertiary/aromatic N) is 3. The van der Waals surface area contributed by atoms with Crippen LogP contribution in [0.25, 0.3) is 0 Å². The van der Waals surface area contributed by atoms with Crippen LogP contribution in [0.5, 0.6) is 0 Å². The molecule has 0 N–H and O–H groups in total. The Hall–Kier alpha value is -1.99. The number of carbonyl (C=O) groups excluding carboxylic acids is 1. The summed E-state index contributed by atoms with van der Waals surface area (Å²) in [5.74, 6) is 0. The molecule has 0 spiro atoms. The zero-order valence-electron chi connectivity index (χ0n) is 9.51. The molecule has 1 unspecified atom stereocenters. The molecule has 1 aromatic rings. The van der Waals surface area contributed by atoms with Crippen LogP contribution in [0.1, 0.15) is 6.42 Å². The molecule has 5 heteroatoms. The molecular weight excluding hydrogens is 250 g/mol. The summed E-state index contributed by atoms with van der Waals surface area (Å²) >= 11 is 5.83. The van der Waals surface area contributed by atoms with Crippen molar-refractivity contribution in [3.05, 3.63) is 41.1 Å². The molecule has 0 aromatic heterocycles. The number of halogens is 1. The van der Waals surface area contributed by atoms with Crippen LogP contribution < -0.4 is 4.90 Å². The Kier molecular flexibility index (Phi) is 2.49. The fourth-order valence-electron chi connectivity index (χ4n) is 2.40. The number of urea groups is 1. The van der Waals surface area contributed by atoms with E-state index in [2.05, 4.69) is 6.07 Å². The predicted molar refractivity (Wildman–Crippen MR) is 68.1 cm³/mol. The first-order valence-corrected chi connectivity index (χ1v) is 6.06. The van der Waals surface area contributed by atoms with E-state index in [-0.39, 0.29) is 6.03 Å². The van der Waals surface area contributed by atoms with Crippen molar-refractivity contribution in [3.63, 3.8) is 0 Å². The number of hydrogen-bond acceptors (Lipinski definition) is 2. The maximum absolute atomic E-state index is 12.3. The smallest absolute Gasteiger partial charge is 0.295 e. The van der Waals surface area contributed by atoms with Crippen molar-refractivity contribution < 1.29 is 4.79 Å². The summed E-state index contributed by atoms with van der Waals surface area (Å²) in [6, 6.07) is 8.48. The summed E-state index contributed by atoms with van der Waals surface area (Å²) in [5.41, 5.74) is 1.50. The summed E-state index contributed by atoms with van der Waals surface area (Å²) in [6.07, 6.45) is 2.79. The normalized spacial score (nSPS) is 21.9. The summed E-state index contributed by atoms with van der Waals surface area (Å²) in [4.78, 5) is 15.5. The number of rotatable bonds is 1. The first kappa shape index (κ1) is 11.1. The minimum Gasteiger partial charge on any atom is -0.295 e. The predicted octanol–water partition coefficient (Wildman–Crippen LogP) is 2.76. The van der Waals surface area contributed by atoms with E-state index >= 15 is 0 Å². The monoisotopic (exact) mass is 259 g/mol. The minimum absolute atomic E-state index is 0.132. The topological polar surface area (TPSA) is 47.3 Å². The first-order valence-electron chi connectivity index (χ1n) is 5.68. The van der Waals surface area contributed by atoms with Crippen molar-refractivity contribution in [2.75, 3.05) is 11.4 Å². The van der Waals surface area contributed by atoms with Crippen molar-refractivity contribution in [1.29, 1.82) is 5.26 Å². The molecule has 1 aromatic carbocycles. The van der Waals surface area contributed by atoms with Crippen LogP contribution >= 0.6 is 11.6 Å². The minimum atomic E-state index is -0.527. The van der Waals surface area contributed by atoms with Gasteiger partial charge in [0, 0.05) is 17.3 Å². The molecule has 2 aliphatic heterocycles. The Balaban J connectivity index is 2.04. The molecule has 3 rings (SSSR count). The molecule has 1 atom stereocenters. The van der Waals surface area contributed by atoms with Gasteiger partial charge in [0.05, 0.1) is 11.8 Å². The molecule has 0 aliphatic carbocycles. The van der Waals surface area contributed by atoms with Crippen LogP contribution in [0.2, 0.25) is 5.02 Å². The lowest BCUT2D eigenvalue weighted by atomic mass is 10.2. The molecule has 2 heterocycles. The van der Waals surface area contributed by atoms with Crippen LogP contribution in [0.4, 0.5) is 10.5 Å². The van der Waals surface area contributed by atoms with Gasteiger partial charge in [-0.2, -0.15) is 5.26 Å². The highest BCUT2D eigenvalue weighted by molar-refractivity contribution is 6.30. The second-order valence-corrected chi connectivity index (χ2v) is 4.67. The highest BCUT2D eigenvalue weighted by Crippen LogP contribution is 2.34. The van der Waals surface area contributed by atoms with Crippen molar-refractivity contribution in [1.82, 2.24) is 4.90 Å². The van der Waals surface area contributed by atoms with Gasteiger partial charge in [0.15, 0.2) is 6.04 Å². The van der Waals surface area contributed by atoms with Crippen LogP contribution in [0, 0.1) is 11.3 Å². The number of carbonyl (C=O) groups is 1. The van der Waals surface area contributed by atoms with Gasteiger partial charge in [-0.3, -0.25) is 9.80 Å². The standard InChI is InChI=1S/C13H10ClN3O/c14-9-3-5-10(6-4-9)17-12(8-15)11-2-1-7-16(11)13(17)18/h2-6,12H,1,7H2. The van der Waals surface area contributed by atoms with E-state index in [0.717, 1.165) is 12.1 Å². The van der Waals surface area contributed by atoms with Gasteiger partial charge < -0.3 is 0 Å². The van der Waals surface area contributed by atoms with Crippen molar-refractivity contribution in [2.45, 2.75) is 12.5 Å². The number of anilines is 1. The SMILES string of the molecule is N#CC1C2=CCCN2C(=O)N1c1ccc(Cl)cc1. The lowest BCUT2D eigenvalue weighted by molar-refractivity contribution is 0.230. The molecule has 0 bridgehead atoms. The molecule has 0 saturated carbocycles. The Bertz CT molecular complexity index is 573. The maximum atomic E-state index is 12.3. The van der Waals surface area contributed by atoms with E-state index in [0.29, 0.717) is 17.3 Å². The summed E-state index contributed by atoms with van der Waals surface area (Å²) < 4.78 is 0. The second kappa shape index (κ2) is 4.04. The third-order valence-electron chi connectivity index (χ3n) is 3.22. The highest BCUT2D eigenvalue weighted by Gasteiger charge is 2.44. The molecule has 90 valence electrons. The van der Waals surface area contributed by atoms with Gasteiger partial charge in [-0.15, -0.1) is 0 Å². The number of hydrogen-bond donors (Lipinski definition) is 0. The van der Waals surface area contributed by atoms with Crippen molar-refractivity contribution in [3.8, 4) is 6.07 Å². The summed E-state index contributed by atoms with van der Waals surface area (Å²) in [7, 11) is 0. The lowest BCUT2D eigenvalue weighted by Crippen LogP contribution is -2.34. The number of nitriles is 1. The van der Waals surface area contributed by atoms with Crippen molar-refractivity contribution in [2.24, 2.45) is 0 Å². The molecule has 2 aliphatic rings. The Labute approximate surface area is 110 Å². The van der Waals surface area contributed by atoms with E-state index in [9.17, 15) is 10.1 Å². The van der Waals surface area contributed by atoms with Crippen LogP contribution in [-0.4, -0.2) is 23.5 Å². The van der Waals surface area contributed by atoms with Gasteiger partial charge in [0.2, 0.25) is 0 Å². The third-order valence-corrected chi connectivity index (χ3v) is 3.47. The highest BCUT2D eigenvalue weighted by atomic mass is 35.5. The molecule has 0 radical (unpaired) electrons. The fraction of sp³-hybridized carbons (Fsp3) is 0.231. The van der Waals surface area contributed by atoms with Gasteiger partial charge in [-0.05, 0) is 30.7 Å². The zero-order valence-corrected chi connectivity index (χ0v) is 10.3. The fourth-order valence-corrected chi connectivity index (χ4v) is 2.53. The van der Waals surface area contributed by atoms with Gasteiger partial charge in [0.25, 0.3) is 0 Å². The van der Waals surface area contributed by atoms with Crippen molar-refractivity contribution >= 4 is 23.3 Å². The number of amides is 2. The van der Waals surface area contributed by atoms with E-state index in [1.54, 1.807) is 29.2 Å². The van der Waals surface area contributed by atoms with Crippen LogP contribution in [-0.2, 0) is 0 Å². The van der Waals surface area contributed by atoms with E-state index in [1.807, 2.05) is 6.08 Å². The second-order valence-electron chi connectivity index (χ2n) is 4.23. The lowest BCUT2D eigenvalue weighted by Gasteiger charge is -2.19.